The summed E-state index contributed by atoms with van der Waals surface area (Å²) in [5, 5.41) is 10.3. The highest BCUT2D eigenvalue weighted by Crippen LogP contribution is 2.33. The molecular weight excluding hydrogens is 198 g/mol. The van der Waals surface area contributed by atoms with Crippen molar-refractivity contribution in [1.29, 1.82) is 0 Å². The first-order chi connectivity index (χ1) is 7.83. The van der Waals surface area contributed by atoms with E-state index in [-0.39, 0.29) is 6.10 Å². The second-order valence-electron chi connectivity index (χ2n) is 5.60. The number of nitrogens with zero attached hydrogens (tertiary/aromatic N) is 1. The SMILES string of the molecule is CCCCN(C1CC1)C1CCCCCC1O. The number of hydrogen-bond acceptors (Lipinski definition) is 2. The van der Waals surface area contributed by atoms with Crippen molar-refractivity contribution in [2.45, 2.75) is 82.9 Å². The minimum atomic E-state index is -0.0556. The number of rotatable bonds is 5. The second kappa shape index (κ2) is 6.02. The molecular formula is C14H27NO. The summed E-state index contributed by atoms with van der Waals surface area (Å²) in [6, 6.07) is 1.28. The summed E-state index contributed by atoms with van der Waals surface area (Å²) < 4.78 is 0. The molecule has 2 aliphatic carbocycles. The second-order valence-corrected chi connectivity index (χ2v) is 5.60. The first-order valence-electron chi connectivity index (χ1n) is 7.26. The highest BCUT2D eigenvalue weighted by Gasteiger charge is 2.36. The van der Waals surface area contributed by atoms with Gasteiger partial charge in [0.1, 0.15) is 0 Å². The van der Waals surface area contributed by atoms with E-state index in [1.165, 1.54) is 57.9 Å². The van der Waals surface area contributed by atoms with Crippen molar-refractivity contribution in [3.63, 3.8) is 0 Å². The summed E-state index contributed by atoms with van der Waals surface area (Å²) in [6.45, 7) is 3.47. The van der Waals surface area contributed by atoms with E-state index in [4.69, 9.17) is 0 Å². The molecule has 2 rings (SSSR count). The van der Waals surface area contributed by atoms with Gasteiger partial charge in [-0.05, 0) is 38.6 Å². The Balaban J connectivity index is 1.93. The van der Waals surface area contributed by atoms with Crippen LogP contribution in [-0.4, -0.2) is 34.7 Å². The Hall–Kier alpha value is -0.0800. The standard InChI is InChI=1S/C14H27NO/c1-2-3-11-15(12-9-10-12)13-7-5-4-6-8-14(13)16/h12-14,16H,2-11H2,1H3. The average molecular weight is 225 g/mol. The zero-order chi connectivity index (χ0) is 11.4. The smallest absolute Gasteiger partial charge is 0.0695 e. The molecule has 2 fully saturated rings. The number of hydrogen-bond donors (Lipinski definition) is 1. The molecule has 2 aliphatic rings. The molecule has 16 heavy (non-hydrogen) atoms. The van der Waals surface area contributed by atoms with Gasteiger partial charge in [-0.25, -0.2) is 0 Å². The molecule has 0 aromatic heterocycles. The van der Waals surface area contributed by atoms with Gasteiger partial charge in [0.05, 0.1) is 6.10 Å². The maximum atomic E-state index is 10.3. The van der Waals surface area contributed by atoms with Gasteiger partial charge in [0, 0.05) is 12.1 Å². The fourth-order valence-electron chi connectivity index (χ4n) is 3.02. The number of unbranched alkanes of at least 4 members (excludes halogenated alkanes) is 1. The number of aliphatic hydroxyl groups is 1. The van der Waals surface area contributed by atoms with Gasteiger partial charge in [0.25, 0.3) is 0 Å². The molecule has 0 spiro atoms. The summed E-state index contributed by atoms with van der Waals surface area (Å²) in [5.74, 6) is 0. The first-order valence-corrected chi connectivity index (χ1v) is 7.26. The molecule has 2 nitrogen and oxygen atoms in total. The van der Waals surface area contributed by atoms with Crippen molar-refractivity contribution < 1.29 is 5.11 Å². The van der Waals surface area contributed by atoms with Crippen LogP contribution in [0.1, 0.15) is 64.7 Å². The Morgan fingerprint density at radius 3 is 2.50 bits per heavy atom. The Bertz CT molecular complexity index is 203. The largest absolute Gasteiger partial charge is 0.391 e. The maximum Gasteiger partial charge on any atom is 0.0695 e. The van der Waals surface area contributed by atoms with E-state index in [2.05, 4.69) is 11.8 Å². The molecule has 0 amide bonds. The lowest BCUT2D eigenvalue weighted by Crippen LogP contribution is -2.44. The Morgan fingerprint density at radius 2 is 1.81 bits per heavy atom. The van der Waals surface area contributed by atoms with Crippen molar-refractivity contribution in [3.8, 4) is 0 Å². The van der Waals surface area contributed by atoms with Crippen LogP contribution >= 0.6 is 0 Å². The molecule has 0 aromatic rings. The minimum Gasteiger partial charge on any atom is -0.391 e. The lowest BCUT2D eigenvalue weighted by Gasteiger charge is -2.34. The molecule has 0 heterocycles. The van der Waals surface area contributed by atoms with Gasteiger partial charge >= 0.3 is 0 Å². The van der Waals surface area contributed by atoms with Crippen LogP contribution in [0.4, 0.5) is 0 Å². The highest BCUT2D eigenvalue weighted by atomic mass is 16.3. The van der Waals surface area contributed by atoms with Gasteiger partial charge in [-0.3, -0.25) is 4.90 Å². The number of aliphatic hydroxyl groups excluding tert-OH is 1. The Labute approximate surface area is 100 Å². The van der Waals surface area contributed by atoms with Gasteiger partial charge < -0.3 is 5.11 Å². The summed E-state index contributed by atoms with van der Waals surface area (Å²) in [4.78, 5) is 2.64. The molecule has 1 N–H and O–H groups in total. The van der Waals surface area contributed by atoms with Crippen molar-refractivity contribution in [2.24, 2.45) is 0 Å². The topological polar surface area (TPSA) is 23.5 Å². The molecule has 2 saturated carbocycles. The van der Waals surface area contributed by atoms with E-state index < -0.39 is 0 Å². The van der Waals surface area contributed by atoms with E-state index in [1.54, 1.807) is 0 Å². The monoisotopic (exact) mass is 225 g/mol. The average Bonchev–Trinajstić information content (AvgIpc) is 3.09. The minimum absolute atomic E-state index is 0.0556. The van der Waals surface area contributed by atoms with Crippen LogP contribution in [0.3, 0.4) is 0 Å². The third-order valence-corrected chi connectivity index (χ3v) is 4.16. The van der Waals surface area contributed by atoms with E-state index in [0.29, 0.717) is 6.04 Å². The van der Waals surface area contributed by atoms with Crippen LogP contribution in [0.2, 0.25) is 0 Å². The van der Waals surface area contributed by atoms with Crippen LogP contribution in [0.5, 0.6) is 0 Å². The zero-order valence-corrected chi connectivity index (χ0v) is 10.7. The fraction of sp³-hybridized carbons (Fsp3) is 1.00. The third-order valence-electron chi connectivity index (χ3n) is 4.16. The van der Waals surface area contributed by atoms with E-state index in [0.717, 1.165) is 12.5 Å². The third kappa shape index (κ3) is 3.21. The maximum absolute atomic E-state index is 10.3. The van der Waals surface area contributed by atoms with Gasteiger partial charge in [-0.15, -0.1) is 0 Å². The lowest BCUT2D eigenvalue weighted by atomic mass is 10.0. The van der Waals surface area contributed by atoms with E-state index >= 15 is 0 Å². The molecule has 2 unspecified atom stereocenters. The normalized spacial score (nSPS) is 31.7. The van der Waals surface area contributed by atoms with Crippen LogP contribution in [0.15, 0.2) is 0 Å². The lowest BCUT2D eigenvalue weighted by molar-refractivity contribution is 0.0384. The summed E-state index contributed by atoms with van der Waals surface area (Å²) in [6.07, 6.45) is 11.4. The van der Waals surface area contributed by atoms with Gasteiger partial charge in [-0.2, -0.15) is 0 Å². The summed E-state index contributed by atoms with van der Waals surface area (Å²) in [7, 11) is 0. The quantitative estimate of drug-likeness (QED) is 0.727. The van der Waals surface area contributed by atoms with Crippen LogP contribution in [-0.2, 0) is 0 Å². The molecule has 0 bridgehead atoms. The highest BCUT2D eigenvalue weighted by molar-refractivity contribution is 4.92. The predicted molar refractivity (Wildman–Crippen MR) is 67.5 cm³/mol. The van der Waals surface area contributed by atoms with Crippen molar-refractivity contribution in [1.82, 2.24) is 4.90 Å². The van der Waals surface area contributed by atoms with Crippen LogP contribution in [0.25, 0.3) is 0 Å². The molecule has 0 saturated heterocycles. The molecule has 2 heteroatoms. The molecule has 0 aromatic carbocycles. The molecule has 94 valence electrons. The Kier molecular flexibility index (Phi) is 4.66. The van der Waals surface area contributed by atoms with E-state index in [9.17, 15) is 5.11 Å². The molecule has 0 radical (unpaired) electrons. The zero-order valence-electron chi connectivity index (χ0n) is 10.7. The van der Waals surface area contributed by atoms with Gasteiger partial charge in [0.15, 0.2) is 0 Å². The predicted octanol–water partition coefficient (Wildman–Crippen LogP) is 2.94. The van der Waals surface area contributed by atoms with Crippen LogP contribution < -0.4 is 0 Å². The first kappa shape index (κ1) is 12.4. The van der Waals surface area contributed by atoms with Crippen LogP contribution in [0, 0.1) is 0 Å². The molecule has 0 aliphatic heterocycles. The van der Waals surface area contributed by atoms with E-state index in [1.807, 2.05) is 0 Å². The van der Waals surface area contributed by atoms with Crippen molar-refractivity contribution in [3.05, 3.63) is 0 Å². The van der Waals surface area contributed by atoms with Gasteiger partial charge in [0.2, 0.25) is 0 Å². The molecule has 2 atom stereocenters. The Morgan fingerprint density at radius 1 is 1.06 bits per heavy atom. The fourth-order valence-corrected chi connectivity index (χ4v) is 3.02. The van der Waals surface area contributed by atoms with Gasteiger partial charge in [-0.1, -0.05) is 32.6 Å². The van der Waals surface area contributed by atoms with Crippen molar-refractivity contribution >= 4 is 0 Å². The summed E-state index contributed by atoms with van der Waals surface area (Å²) >= 11 is 0. The summed E-state index contributed by atoms with van der Waals surface area (Å²) in [5.41, 5.74) is 0. The van der Waals surface area contributed by atoms with Crippen molar-refractivity contribution in [2.75, 3.05) is 6.54 Å².